The van der Waals surface area contributed by atoms with Crippen molar-refractivity contribution >= 4 is 22.3 Å². The van der Waals surface area contributed by atoms with Crippen LogP contribution in [-0.2, 0) is 0 Å². The Balaban J connectivity index is 1.93. The van der Waals surface area contributed by atoms with Crippen LogP contribution in [0.15, 0.2) is 11.6 Å². The van der Waals surface area contributed by atoms with Crippen LogP contribution in [0.5, 0.6) is 0 Å². The number of hydrogen-bond donors (Lipinski definition) is 2. The molecule has 3 N–H and O–H groups in total. The molecule has 1 aromatic rings. The maximum atomic E-state index is 7.38. The lowest BCUT2D eigenvalue weighted by Crippen LogP contribution is -2.38. The molecule has 0 amide bonds. The number of nitrogens with zero attached hydrogens (tertiary/aromatic N) is 2. The predicted octanol–water partition coefficient (Wildman–Crippen LogP) is 1.30. The summed E-state index contributed by atoms with van der Waals surface area (Å²) in [4.78, 5) is 6.54. The van der Waals surface area contributed by atoms with E-state index in [9.17, 15) is 0 Å². The maximum Gasteiger partial charge on any atom is 0.185 e. The Morgan fingerprint density at radius 2 is 2.29 bits per heavy atom. The minimum absolute atomic E-state index is 0.284. The Morgan fingerprint density at radius 1 is 1.57 bits per heavy atom. The van der Waals surface area contributed by atoms with Gasteiger partial charge in [0, 0.05) is 30.6 Å². The summed E-state index contributed by atoms with van der Waals surface area (Å²) in [6.07, 6.45) is 3.79. The molecule has 1 aliphatic heterocycles. The van der Waals surface area contributed by atoms with Gasteiger partial charge in [-0.25, -0.2) is 4.98 Å². The third-order valence-electron chi connectivity index (χ3n) is 2.62. The monoisotopic (exact) mass is 210 g/mol. The molecule has 14 heavy (non-hydrogen) atoms. The molecule has 0 atom stereocenters. The first-order valence-corrected chi connectivity index (χ1v) is 5.63. The zero-order valence-corrected chi connectivity index (χ0v) is 8.76. The van der Waals surface area contributed by atoms with E-state index in [0.29, 0.717) is 5.84 Å². The molecule has 0 aliphatic carbocycles. The van der Waals surface area contributed by atoms with Crippen molar-refractivity contribution in [3.63, 3.8) is 0 Å². The Labute approximate surface area is 87.3 Å². The summed E-state index contributed by atoms with van der Waals surface area (Å²) in [6, 6.07) is 0. The number of rotatable bonds is 2. The van der Waals surface area contributed by atoms with E-state index in [1.807, 2.05) is 11.6 Å². The first-order valence-electron chi connectivity index (χ1n) is 4.75. The average Bonchev–Trinajstić information content (AvgIpc) is 2.71. The van der Waals surface area contributed by atoms with Gasteiger partial charge in [-0.3, -0.25) is 5.41 Å². The van der Waals surface area contributed by atoms with Crippen LogP contribution in [0.4, 0.5) is 5.13 Å². The molecule has 0 aromatic carbocycles. The number of thiazole rings is 1. The van der Waals surface area contributed by atoms with Crippen LogP contribution in [-0.4, -0.2) is 23.9 Å². The largest absolute Gasteiger partial charge is 0.387 e. The molecule has 2 heterocycles. The summed E-state index contributed by atoms with van der Waals surface area (Å²) in [5.74, 6) is 0.620. The molecule has 0 unspecified atom stereocenters. The number of nitrogens with one attached hydrogen (secondary N) is 1. The predicted molar refractivity (Wildman–Crippen MR) is 59.0 cm³/mol. The molecular weight excluding hydrogens is 196 g/mol. The number of piperidine rings is 1. The van der Waals surface area contributed by atoms with Gasteiger partial charge in [0.2, 0.25) is 0 Å². The second kappa shape index (κ2) is 3.96. The fourth-order valence-corrected chi connectivity index (χ4v) is 2.45. The first-order chi connectivity index (χ1) is 6.77. The van der Waals surface area contributed by atoms with Crippen LogP contribution in [0.1, 0.15) is 12.8 Å². The highest BCUT2D eigenvalue weighted by atomic mass is 32.1. The van der Waals surface area contributed by atoms with Gasteiger partial charge in [-0.1, -0.05) is 0 Å². The fraction of sp³-hybridized carbons (Fsp3) is 0.556. The summed E-state index contributed by atoms with van der Waals surface area (Å²) in [5.41, 5.74) is 5.48. The van der Waals surface area contributed by atoms with Crippen LogP contribution in [0.25, 0.3) is 0 Å². The number of amidine groups is 1. The van der Waals surface area contributed by atoms with Gasteiger partial charge in [0.05, 0.1) is 5.84 Å². The van der Waals surface area contributed by atoms with Gasteiger partial charge >= 0.3 is 0 Å². The van der Waals surface area contributed by atoms with Crippen molar-refractivity contribution in [2.24, 2.45) is 11.7 Å². The summed E-state index contributed by atoms with van der Waals surface area (Å²) in [6.45, 7) is 1.94. The average molecular weight is 210 g/mol. The van der Waals surface area contributed by atoms with Gasteiger partial charge in [-0.05, 0) is 12.8 Å². The summed E-state index contributed by atoms with van der Waals surface area (Å²) in [7, 11) is 0. The topological polar surface area (TPSA) is 66.0 Å². The minimum atomic E-state index is 0.284. The number of hydrogen-bond acceptors (Lipinski definition) is 4. The molecule has 2 rings (SSSR count). The quantitative estimate of drug-likeness (QED) is 0.571. The van der Waals surface area contributed by atoms with Gasteiger partial charge in [-0.2, -0.15) is 0 Å². The SMILES string of the molecule is N=C(N)C1CCN(c2nccs2)CC1. The van der Waals surface area contributed by atoms with Crippen molar-refractivity contribution in [3.05, 3.63) is 11.6 Å². The summed E-state index contributed by atoms with van der Waals surface area (Å²) in [5, 5.41) is 10.5. The first kappa shape index (κ1) is 9.45. The van der Waals surface area contributed by atoms with E-state index in [-0.39, 0.29) is 5.92 Å². The minimum Gasteiger partial charge on any atom is -0.387 e. The third kappa shape index (κ3) is 1.87. The van der Waals surface area contributed by atoms with Gasteiger partial charge in [-0.15, -0.1) is 11.3 Å². The standard InChI is InChI=1S/C9H14N4S/c10-8(11)7-1-4-13(5-2-7)9-12-3-6-14-9/h3,6-7H,1-2,4-5H2,(H3,10,11). The second-order valence-corrected chi connectivity index (χ2v) is 4.40. The van der Waals surface area contributed by atoms with Gasteiger partial charge < -0.3 is 10.6 Å². The van der Waals surface area contributed by atoms with Crippen molar-refractivity contribution in [1.29, 1.82) is 5.41 Å². The zero-order valence-electron chi connectivity index (χ0n) is 7.94. The summed E-state index contributed by atoms with van der Waals surface area (Å²) < 4.78 is 0. The van der Waals surface area contributed by atoms with Crippen LogP contribution in [0.2, 0.25) is 0 Å². The second-order valence-electron chi connectivity index (χ2n) is 3.53. The van der Waals surface area contributed by atoms with E-state index in [0.717, 1.165) is 31.1 Å². The van der Waals surface area contributed by atoms with Crippen LogP contribution < -0.4 is 10.6 Å². The van der Waals surface area contributed by atoms with Crippen molar-refractivity contribution in [1.82, 2.24) is 4.98 Å². The fourth-order valence-electron chi connectivity index (χ4n) is 1.75. The van der Waals surface area contributed by atoms with Crippen LogP contribution in [0, 0.1) is 11.3 Å². The molecule has 1 fully saturated rings. The number of aromatic nitrogens is 1. The lowest BCUT2D eigenvalue weighted by atomic mass is 9.96. The molecule has 0 radical (unpaired) electrons. The molecule has 4 nitrogen and oxygen atoms in total. The maximum absolute atomic E-state index is 7.38. The van der Waals surface area contributed by atoms with E-state index in [1.165, 1.54) is 0 Å². The molecule has 0 saturated carbocycles. The Morgan fingerprint density at radius 3 is 2.79 bits per heavy atom. The van der Waals surface area contributed by atoms with Crippen molar-refractivity contribution in [2.75, 3.05) is 18.0 Å². The Bertz CT molecular complexity index is 301. The molecule has 1 saturated heterocycles. The lowest BCUT2D eigenvalue weighted by Gasteiger charge is -2.30. The Hall–Kier alpha value is -1.10. The lowest BCUT2D eigenvalue weighted by molar-refractivity contribution is 0.497. The molecule has 1 aromatic heterocycles. The zero-order chi connectivity index (χ0) is 9.97. The highest BCUT2D eigenvalue weighted by Gasteiger charge is 2.22. The molecule has 0 spiro atoms. The van der Waals surface area contributed by atoms with Crippen molar-refractivity contribution in [2.45, 2.75) is 12.8 Å². The third-order valence-corrected chi connectivity index (χ3v) is 3.46. The van der Waals surface area contributed by atoms with E-state index in [1.54, 1.807) is 11.3 Å². The number of anilines is 1. The molecular formula is C9H14N4S. The van der Waals surface area contributed by atoms with E-state index in [4.69, 9.17) is 11.1 Å². The molecule has 1 aliphatic rings. The van der Waals surface area contributed by atoms with Gasteiger partial charge in [0.1, 0.15) is 0 Å². The van der Waals surface area contributed by atoms with Gasteiger partial charge in [0.25, 0.3) is 0 Å². The Kier molecular flexibility index (Phi) is 2.67. The van der Waals surface area contributed by atoms with E-state index in [2.05, 4.69) is 9.88 Å². The van der Waals surface area contributed by atoms with Crippen LogP contribution in [0.3, 0.4) is 0 Å². The van der Waals surface area contributed by atoms with Gasteiger partial charge in [0.15, 0.2) is 5.13 Å². The highest BCUT2D eigenvalue weighted by Crippen LogP contribution is 2.24. The molecule has 5 heteroatoms. The van der Waals surface area contributed by atoms with E-state index < -0.39 is 0 Å². The number of nitrogens with two attached hydrogens (primary N) is 1. The smallest absolute Gasteiger partial charge is 0.185 e. The van der Waals surface area contributed by atoms with Crippen LogP contribution >= 0.6 is 11.3 Å². The van der Waals surface area contributed by atoms with Crippen molar-refractivity contribution in [3.8, 4) is 0 Å². The molecule has 76 valence electrons. The highest BCUT2D eigenvalue weighted by molar-refractivity contribution is 7.13. The summed E-state index contributed by atoms with van der Waals surface area (Å²) >= 11 is 1.67. The van der Waals surface area contributed by atoms with Crippen molar-refractivity contribution < 1.29 is 0 Å². The normalized spacial score (nSPS) is 18.4. The molecule has 0 bridgehead atoms. The van der Waals surface area contributed by atoms with E-state index >= 15 is 0 Å².